The van der Waals surface area contributed by atoms with Crippen LogP contribution in [0.2, 0.25) is 0 Å². The van der Waals surface area contributed by atoms with Gasteiger partial charge in [0, 0.05) is 18.7 Å². The largest absolute Gasteiger partial charge is 0.289 e. The number of carbonyl (C=O) groups is 2. The van der Waals surface area contributed by atoms with Gasteiger partial charge in [-0.05, 0) is 12.3 Å². The molecule has 1 rings (SSSR count). The first kappa shape index (κ1) is 12.8. The SMILES string of the molecule is CC(C)CCNN.O=C1C=CC(=O)N1. The maximum absolute atomic E-state index is 10.0. The van der Waals surface area contributed by atoms with Crippen LogP contribution >= 0.6 is 0 Å². The lowest BCUT2D eigenvalue weighted by Gasteiger charge is -2.00. The van der Waals surface area contributed by atoms with Crippen molar-refractivity contribution in [2.24, 2.45) is 11.8 Å². The Hall–Kier alpha value is -1.20. The summed E-state index contributed by atoms with van der Waals surface area (Å²) in [6, 6.07) is 0. The van der Waals surface area contributed by atoms with Crippen molar-refractivity contribution in [3.63, 3.8) is 0 Å². The zero-order chi connectivity index (χ0) is 11.0. The van der Waals surface area contributed by atoms with E-state index in [9.17, 15) is 9.59 Å². The highest BCUT2D eigenvalue weighted by molar-refractivity contribution is 6.12. The second-order valence-corrected chi connectivity index (χ2v) is 3.32. The van der Waals surface area contributed by atoms with Crippen molar-refractivity contribution in [2.45, 2.75) is 20.3 Å². The van der Waals surface area contributed by atoms with Gasteiger partial charge in [-0.2, -0.15) is 0 Å². The van der Waals surface area contributed by atoms with E-state index in [4.69, 9.17) is 5.84 Å². The van der Waals surface area contributed by atoms with Crippen molar-refractivity contribution in [2.75, 3.05) is 6.54 Å². The molecule has 0 aromatic carbocycles. The van der Waals surface area contributed by atoms with Crippen LogP contribution in [0.4, 0.5) is 0 Å². The first-order valence-corrected chi connectivity index (χ1v) is 4.52. The molecule has 0 aromatic rings. The van der Waals surface area contributed by atoms with Crippen LogP contribution in [0.1, 0.15) is 20.3 Å². The maximum atomic E-state index is 10.0. The Morgan fingerprint density at radius 2 is 1.86 bits per heavy atom. The summed E-state index contributed by atoms with van der Waals surface area (Å²) in [5.41, 5.74) is 2.60. The second-order valence-electron chi connectivity index (χ2n) is 3.32. The van der Waals surface area contributed by atoms with Crippen LogP contribution in [0, 0.1) is 5.92 Å². The number of hydrazine groups is 1. The van der Waals surface area contributed by atoms with Gasteiger partial charge in [-0.25, -0.2) is 0 Å². The van der Waals surface area contributed by atoms with E-state index in [1.54, 1.807) is 0 Å². The predicted octanol–water partition coefficient (Wildman–Crippen LogP) is -0.305. The fraction of sp³-hybridized carbons (Fsp3) is 0.556. The third-order valence-corrected chi connectivity index (χ3v) is 1.50. The number of nitrogens with one attached hydrogen (secondary N) is 2. The van der Waals surface area contributed by atoms with Crippen molar-refractivity contribution in [3.05, 3.63) is 12.2 Å². The fourth-order valence-corrected chi connectivity index (χ4v) is 0.728. The zero-order valence-electron chi connectivity index (χ0n) is 8.54. The molecule has 80 valence electrons. The Kier molecular flexibility index (Phi) is 6.61. The van der Waals surface area contributed by atoms with Crippen LogP contribution in [-0.2, 0) is 9.59 Å². The summed E-state index contributed by atoms with van der Waals surface area (Å²) in [7, 11) is 0. The Labute approximate surface area is 83.7 Å². The van der Waals surface area contributed by atoms with Gasteiger partial charge in [0.25, 0.3) is 11.8 Å². The zero-order valence-corrected chi connectivity index (χ0v) is 8.54. The highest BCUT2D eigenvalue weighted by Crippen LogP contribution is 1.94. The van der Waals surface area contributed by atoms with Gasteiger partial charge in [0.2, 0.25) is 0 Å². The predicted molar refractivity (Wildman–Crippen MR) is 53.9 cm³/mol. The quantitative estimate of drug-likeness (QED) is 0.331. The van der Waals surface area contributed by atoms with E-state index in [-0.39, 0.29) is 11.8 Å². The number of amides is 2. The summed E-state index contributed by atoms with van der Waals surface area (Å²) in [5, 5.41) is 2.03. The molecule has 14 heavy (non-hydrogen) atoms. The van der Waals surface area contributed by atoms with Crippen molar-refractivity contribution in [1.82, 2.24) is 10.7 Å². The highest BCUT2D eigenvalue weighted by Gasteiger charge is 2.06. The molecule has 0 saturated carbocycles. The van der Waals surface area contributed by atoms with E-state index in [1.165, 1.54) is 12.2 Å². The molecule has 5 heteroatoms. The van der Waals surface area contributed by atoms with Crippen molar-refractivity contribution < 1.29 is 9.59 Å². The van der Waals surface area contributed by atoms with Gasteiger partial charge in [-0.1, -0.05) is 13.8 Å². The Balaban J connectivity index is 0.000000241. The van der Waals surface area contributed by atoms with Gasteiger partial charge in [-0.3, -0.25) is 26.2 Å². The van der Waals surface area contributed by atoms with Gasteiger partial charge in [0.05, 0.1) is 0 Å². The van der Waals surface area contributed by atoms with Gasteiger partial charge < -0.3 is 0 Å². The summed E-state index contributed by atoms with van der Waals surface area (Å²) in [6.07, 6.45) is 3.56. The van der Waals surface area contributed by atoms with E-state index in [0.29, 0.717) is 0 Å². The van der Waals surface area contributed by atoms with Crippen LogP contribution in [0.3, 0.4) is 0 Å². The lowest BCUT2D eigenvalue weighted by Crippen LogP contribution is -2.23. The second kappa shape index (κ2) is 7.23. The van der Waals surface area contributed by atoms with Gasteiger partial charge in [0.1, 0.15) is 0 Å². The molecule has 1 aliphatic heterocycles. The molecule has 0 radical (unpaired) electrons. The summed E-state index contributed by atoms with van der Waals surface area (Å²) in [6.45, 7) is 5.28. The topological polar surface area (TPSA) is 84.2 Å². The van der Waals surface area contributed by atoms with Crippen LogP contribution in [0.25, 0.3) is 0 Å². The van der Waals surface area contributed by atoms with E-state index in [2.05, 4.69) is 19.3 Å². The molecule has 1 heterocycles. The standard InChI is InChI=1S/C5H14N2.C4H3NO2/c1-5(2)3-4-7-6;6-3-1-2-4(7)5-3/h5,7H,3-4,6H2,1-2H3;1-2H,(H,5,6,7). The monoisotopic (exact) mass is 199 g/mol. The van der Waals surface area contributed by atoms with Crippen LogP contribution < -0.4 is 16.6 Å². The maximum Gasteiger partial charge on any atom is 0.250 e. The van der Waals surface area contributed by atoms with E-state index >= 15 is 0 Å². The molecular weight excluding hydrogens is 182 g/mol. The molecule has 1 aliphatic rings. The first-order valence-electron chi connectivity index (χ1n) is 4.52. The minimum Gasteiger partial charge on any atom is -0.289 e. The molecule has 0 aliphatic carbocycles. The number of rotatable bonds is 3. The molecule has 0 bridgehead atoms. The highest BCUT2D eigenvalue weighted by atomic mass is 16.2. The molecular formula is C9H17N3O2. The third kappa shape index (κ3) is 7.45. The molecule has 0 atom stereocenters. The van der Waals surface area contributed by atoms with Crippen molar-refractivity contribution >= 4 is 11.8 Å². The van der Waals surface area contributed by atoms with Crippen LogP contribution in [0.5, 0.6) is 0 Å². The number of hydrogen-bond acceptors (Lipinski definition) is 4. The normalized spacial score (nSPS) is 14.0. The van der Waals surface area contributed by atoms with Gasteiger partial charge in [-0.15, -0.1) is 0 Å². The fourth-order valence-electron chi connectivity index (χ4n) is 0.728. The molecule has 0 spiro atoms. The molecule has 5 nitrogen and oxygen atoms in total. The molecule has 0 saturated heterocycles. The average molecular weight is 199 g/mol. The smallest absolute Gasteiger partial charge is 0.250 e. The number of nitrogens with two attached hydrogens (primary N) is 1. The lowest BCUT2D eigenvalue weighted by molar-refractivity contribution is -0.123. The van der Waals surface area contributed by atoms with Crippen LogP contribution in [0.15, 0.2) is 12.2 Å². The molecule has 0 fully saturated rings. The molecule has 4 N–H and O–H groups in total. The molecule has 0 unspecified atom stereocenters. The van der Waals surface area contributed by atoms with E-state index in [1.807, 2.05) is 5.32 Å². The average Bonchev–Trinajstić information content (AvgIpc) is 2.47. The summed E-state index contributed by atoms with van der Waals surface area (Å²) < 4.78 is 0. The van der Waals surface area contributed by atoms with Gasteiger partial charge >= 0.3 is 0 Å². The summed E-state index contributed by atoms with van der Waals surface area (Å²) in [4.78, 5) is 20.1. The lowest BCUT2D eigenvalue weighted by atomic mass is 10.1. The summed E-state index contributed by atoms with van der Waals surface area (Å²) >= 11 is 0. The number of carbonyl (C=O) groups excluding carboxylic acids is 2. The van der Waals surface area contributed by atoms with E-state index < -0.39 is 0 Å². The molecule has 2 amide bonds. The Morgan fingerprint density at radius 3 is 2.00 bits per heavy atom. The third-order valence-electron chi connectivity index (χ3n) is 1.50. The van der Waals surface area contributed by atoms with Crippen molar-refractivity contribution in [1.29, 1.82) is 0 Å². The van der Waals surface area contributed by atoms with Crippen LogP contribution in [-0.4, -0.2) is 18.4 Å². The minimum absolute atomic E-state index is 0.329. The number of hydrogen-bond donors (Lipinski definition) is 3. The molecule has 0 aromatic heterocycles. The van der Waals surface area contributed by atoms with Gasteiger partial charge in [0.15, 0.2) is 0 Å². The Morgan fingerprint density at radius 1 is 1.36 bits per heavy atom. The summed E-state index contributed by atoms with van der Waals surface area (Å²) in [5.74, 6) is 5.13. The minimum atomic E-state index is -0.329. The Bertz CT molecular complexity index is 208. The van der Waals surface area contributed by atoms with Crippen molar-refractivity contribution in [3.8, 4) is 0 Å². The first-order chi connectivity index (χ1) is 6.56. The van der Waals surface area contributed by atoms with E-state index in [0.717, 1.165) is 18.9 Å². The number of imide groups is 1.